The first-order chi connectivity index (χ1) is 14.3. The minimum atomic E-state index is -2.89. The lowest BCUT2D eigenvalue weighted by Gasteiger charge is -2.18. The lowest BCUT2D eigenvalue weighted by molar-refractivity contribution is -0.119. The van der Waals surface area contributed by atoms with Gasteiger partial charge in [-0.2, -0.15) is 5.10 Å². The largest absolute Gasteiger partial charge is 0.361 e. The van der Waals surface area contributed by atoms with E-state index in [1.807, 2.05) is 12.1 Å². The maximum Gasteiger partial charge on any atom is 0.266 e. The van der Waals surface area contributed by atoms with Gasteiger partial charge in [0.05, 0.1) is 23.2 Å². The molecule has 5 nitrogen and oxygen atoms in total. The standard InChI is InChI=1S/C22H19F3N4O/c1-11(13-4-3-5-14(18(13)23)19(24)25)27-20-15-9-17-16(8-12(15)10-26-28-20)22(6-7-22)21(30)29(17)2/h3-5,8-11,19H,6-7H2,1-2H3,(H,27,28)/t11-/m1/s1. The van der Waals surface area contributed by atoms with Gasteiger partial charge in [0, 0.05) is 29.1 Å². The second kappa shape index (κ2) is 6.42. The molecule has 2 heterocycles. The molecule has 1 N–H and O–H groups in total. The van der Waals surface area contributed by atoms with Gasteiger partial charge >= 0.3 is 0 Å². The summed E-state index contributed by atoms with van der Waals surface area (Å²) < 4.78 is 40.7. The molecule has 1 spiro atoms. The number of alkyl halides is 2. The third-order valence-electron chi connectivity index (χ3n) is 6.23. The average molecular weight is 412 g/mol. The Balaban J connectivity index is 1.55. The molecule has 0 radical (unpaired) electrons. The van der Waals surface area contributed by atoms with Crippen LogP contribution in [0.2, 0.25) is 0 Å². The lowest BCUT2D eigenvalue weighted by atomic mass is 9.95. The summed E-state index contributed by atoms with van der Waals surface area (Å²) in [5, 5.41) is 12.8. The van der Waals surface area contributed by atoms with Crippen LogP contribution in [0.4, 0.5) is 24.7 Å². The minimum absolute atomic E-state index is 0.0995. The van der Waals surface area contributed by atoms with Crippen molar-refractivity contribution in [3.63, 3.8) is 0 Å². The summed E-state index contributed by atoms with van der Waals surface area (Å²) in [4.78, 5) is 14.3. The number of hydrogen-bond donors (Lipinski definition) is 1. The molecule has 1 amide bonds. The first-order valence-corrected chi connectivity index (χ1v) is 9.74. The van der Waals surface area contributed by atoms with Crippen molar-refractivity contribution in [2.75, 3.05) is 17.3 Å². The number of fused-ring (bicyclic) bond motifs is 3. The van der Waals surface area contributed by atoms with Crippen LogP contribution in [0, 0.1) is 5.82 Å². The molecule has 30 heavy (non-hydrogen) atoms. The van der Waals surface area contributed by atoms with Gasteiger partial charge < -0.3 is 10.2 Å². The predicted octanol–water partition coefficient (Wildman–Crippen LogP) is 4.89. The van der Waals surface area contributed by atoms with Crippen LogP contribution in [0.3, 0.4) is 0 Å². The van der Waals surface area contributed by atoms with Crippen molar-refractivity contribution in [2.45, 2.75) is 37.6 Å². The molecule has 0 saturated heterocycles. The number of carbonyl (C=O) groups is 1. The molecule has 1 aliphatic carbocycles. The Morgan fingerprint density at radius 1 is 1.20 bits per heavy atom. The van der Waals surface area contributed by atoms with Crippen molar-refractivity contribution in [2.24, 2.45) is 0 Å². The zero-order chi connectivity index (χ0) is 21.2. The first-order valence-electron chi connectivity index (χ1n) is 9.74. The first kappa shape index (κ1) is 18.8. The SMILES string of the molecule is C[C@@H](Nc1nncc2cc3c(cc12)N(C)C(=O)C31CC1)c1cccc(C(F)F)c1F. The topological polar surface area (TPSA) is 58.1 Å². The number of hydrogen-bond acceptors (Lipinski definition) is 4. The van der Waals surface area contributed by atoms with Crippen LogP contribution in [0.1, 0.15) is 48.9 Å². The van der Waals surface area contributed by atoms with Gasteiger partial charge in [0.25, 0.3) is 6.43 Å². The monoisotopic (exact) mass is 412 g/mol. The Hall–Kier alpha value is -3.16. The second-order valence-electron chi connectivity index (χ2n) is 8.01. The van der Waals surface area contributed by atoms with E-state index in [2.05, 4.69) is 15.5 Å². The molecule has 1 saturated carbocycles. The third kappa shape index (κ3) is 2.59. The fourth-order valence-corrected chi connectivity index (χ4v) is 4.40. The van der Waals surface area contributed by atoms with Crippen molar-refractivity contribution in [1.29, 1.82) is 0 Å². The smallest absolute Gasteiger partial charge is 0.266 e. The summed E-state index contributed by atoms with van der Waals surface area (Å²) in [5.74, 6) is -0.424. The molecule has 1 aromatic heterocycles. The number of nitrogens with one attached hydrogen (secondary N) is 1. The molecule has 1 aliphatic heterocycles. The highest BCUT2D eigenvalue weighted by atomic mass is 19.3. The van der Waals surface area contributed by atoms with Crippen molar-refractivity contribution in [3.8, 4) is 0 Å². The highest BCUT2D eigenvalue weighted by molar-refractivity contribution is 6.12. The predicted molar refractivity (Wildman–Crippen MR) is 107 cm³/mol. The molecule has 0 unspecified atom stereocenters. The highest BCUT2D eigenvalue weighted by Gasteiger charge is 2.58. The average Bonchev–Trinajstić information content (AvgIpc) is 3.50. The van der Waals surface area contributed by atoms with E-state index in [4.69, 9.17) is 0 Å². The van der Waals surface area contributed by atoms with E-state index in [9.17, 15) is 18.0 Å². The van der Waals surface area contributed by atoms with Crippen LogP contribution in [-0.2, 0) is 10.2 Å². The lowest BCUT2D eigenvalue weighted by Crippen LogP contribution is -2.27. The molecule has 1 fully saturated rings. The molecule has 2 aromatic carbocycles. The Morgan fingerprint density at radius 2 is 1.93 bits per heavy atom. The molecule has 154 valence electrons. The van der Waals surface area contributed by atoms with Gasteiger partial charge in [-0.25, -0.2) is 13.2 Å². The van der Waals surface area contributed by atoms with E-state index in [1.54, 1.807) is 25.1 Å². The third-order valence-corrected chi connectivity index (χ3v) is 6.23. The Kier molecular flexibility index (Phi) is 4.03. The molecule has 0 bridgehead atoms. The number of rotatable bonds is 4. The Bertz CT molecular complexity index is 1190. The van der Waals surface area contributed by atoms with Crippen LogP contribution in [-0.4, -0.2) is 23.2 Å². The van der Waals surface area contributed by atoms with Crippen molar-refractivity contribution < 1.29 is 18.0 Å². The van der Waals surface area contributed by atoms with Gasteiger partial charge in [0.15, 0.2) is 5.82 Å². The second-order valence-corrected chi connectivity index (χ2v) is 8.01. The Morgan fingerprint density at radius 3 is 2.63 bits per heavy atom. The summed E-state index contributed by atoms with van der Waals surface area (Å²) in [7, 11) is 1.76. The van der Waals surface area contributed by atoms with Gasteiger partial charge in [-0.05, 0) is 37.5 Å². The van der Waals surface area contributed by atoms with Gasteiger partial charge in [-0.1, -0.05) is 18.2 Å². The van der Waals surface area contributed by atoms with Gasteiger partial charge in [0.1, 0.15) is 5.82 Å². The number of anilines is 2. The van der Waals surface area contributed by atoms with Crippen LogP contribution in [0.5, 0.6) is 0 Å². The zero-order valence-electron chi connectivity index (χ0n) is 16.4. The number of halogens is 3. The van der Waals surface area contributed by atoms with Crippen molar-refractivity contribution >= 4 is 28.2 Å². The normalized spacial score (nSPS) is 17.7. The van der Waals surface area contributed by atoms with E-state index in [0.29, 0.717) is 5.82 Å². The van der Waals surface area contributed by atoms with Crippen LogP contribution >= 0.6 is 0 Å². The van der Waals surface area contributed by atoms with Crippen LogP contribution in [0.25, 0.3) is 10.8 Å². The number of benzene rings is 2. The molecule has 8 heteroatoms. The van der Waals surface area contributed by atoms with E-state index in [-0.39, 0.29) is 11.5 Å². The molecule has 1 atom stereocenters. The molecular weight excluding hydrogens is 393 g/mol. The summed E-state index contributed by atoms with van der Waals surface area (Å²) in [6, 6.07) is 7.21. The van der Waals surface area contributed by atoms with Crippen LogP contribution < -0.4 is 10.2 Å². The van der Waals surface area contributed by atoms with Crippen molar-refractivity contribution in [1.82, 2.24) is 10.2 Å². The maximum absolute atomic E-state index is 14.6. The molecule has 2 aliphatic rings. The van der Waals surface area contributed by atoms with Gasteiger partial charge in [-0.15, -0.1) is 5.10 Å². The number of likely N-dealkylation sites (N-methyl/N-ethyl adjacent to an activating group) is 1. The number of amides is 1. The molecule has 3 aromatic rings. The van der Waals surface area contributed by atoms with E-state index >= 15 is 0 Å². The molecule has 5 rings (SSSR count). The van der Waals surface area contributed by atoms with Gasteiger partial charge in [-0.3, -0.25) is 4.79 Å². The summed E-state index contributed by atoms with van der Waals surface area (Å²) in [5.41, 5.74) is 0.931. The van der Waals surface area contributed by atoms with E-state index in [1.165, 1.54) is 12.1 Å². The van der Waals surface area contributed by atoms with Crippen LogP contribution in [0.15, 0.2) is 36.5 Å². The summed E-state index contributed by atoms with van der Waals surface area (Å²) in [6.07, 6.45) is 0.423. The summed E-state index contributed by atoms with van der Waals surface area (Å²) >= 11 is 0. The number of carbonyl (C=O) groups excluding carboxylic acids is 1. The Labute approximate surface area is 170 Å². The van der Waals surface area contributed by atoms with E-state index in [0.717, 1.165) is 40.9 Å². The fraction of sp³-hybridized carbons (Fsp3) is 0.318. The quantitative estimate of drug-likeness (QED) is 0.663. The fourth-order valence-electron chi connectivity index (χ4n) is 4.40. The van der Waals surface area contributed by atoms with E-state index < -0.39 is 29.3 Å². The molecular formula is C22H19F3N4O. The number of aromatic nitrogens is 2. The van der Waals surface area contributed by atoms with Crippen molar-refractivity contribution in [3.05, 3.63) is 59.0 Å². The van der Waals surface area contributed by atoms with Gasteiger partial charge in [0.2, 0.25) is 5.91 Å². The zero-order valence-corrected chi connectivity index (χ0v) is 16.4. The maximum atomic E-state index is 14.6. The minimum Gasteiger partial charge on any atom is -0.361 e. The summed E-state index contributed by atoms with van der Waals surface area (Å²) in [6.45, 7) is 1.68. The highest BCUT2D eigenvalue weighted by Crippen LogP contribution is 2.57. The number of nitrogens with zero attached hydrogens (tertiary/aromatic N) is 3.